The van der Waals surface area contributed by atoms with Gasteiger partial charge in [-0.1, -0.05) is 36.4 Å². The normalized spacial score (nSPS) is 11.7. The van der Waals surface area contributed by atoms with Crippen molar-refractivity contribution in [2.24, 2.45) is 14.1 Å². The summed E-state index contributed by atoms with van der Waals surface area (Å²) in [6.07, 6.45) is 0.966. The van der Waals surface area contributed by atoms with Crippen molar-refractivity contribution in [1.82, 2.24) is 9.13 Å². The monoisotopic (exact) mass is 302 g/mol. The number of aromatic nitrogens is 2. The topological polar surface area (TPSA) is 9.86 Å². The minimum Gasteiger partial charge on any atom is -0.347 e. The van der Waals surface area contributed by atoms with Gasteiger partial charge in [-0.2, -0.15) is 0 Å². The molecule has 0 fully saturated rings. The fourth-order valence-corrected chi connectivity index (χ4v) is 3.93. The molecule has 2 aromatic carbocycles. The quantitative estimate of drug-likeness (QED) is 0.499. The number of benzene rings is 2. The van der Waals surface area contributed by atoms with E-state index in [9.17, 15) is 0 Å². The molecule has 2 aromatic heterocycles. The first-order valence-corrected chi connectivity index (χ1v) is 8.15. The summed E-state index contributed by atoms with van der Waals surface area (Å²) >= 11 is 0. The summed E-state index contributed by atoms with van der Waals surface area (Å²) in [7, 11) is 4.37. The molecule has 2 heteroatoms. The number of nitrogens with zero attached hydrogens (tertiary/aromatic N) is 2. The van der Waals surface area contributed by atoms with Gasteiger partial charge in [0.2, 0.25) is 0 Å². The smallest absolute Gasteiger partial charge is 0.0482 e. The molecule has 0 aliphatic heterocycles. The van der Waals surface area contributed by atoms with Gasteiger partial charge in [-0.05, 0) is 37.1 Å². The van der Waals surface area contributed by atoms with E-state index in [1.807, 2.05) is 0 Å². The number of para-hydroxylation sites is 2. The third-order valence-corrected chi connectivity index (χ3v) is 5.35. The maximum Gasteiger partial charge on any atom is 0.0482 e. The Labute approximate surface area is 137 Å². The minimum absolute atomic E-state index is 0.966. The number of hydrogen-bond donors (Lipinski definition) is 0. The minimum atomic E-state index is 0.966. The van der Waals surface area contributed by atoms with Gasteiger partial charge in [0.1, 0.15) is 0 Å². The van der Waals surface area contributed by atoms with E-state index in [2.05, 4.69) is 85.6 Å². The van der Waals surface area contributed by atoms with Crippen LogP contribution in [0.15, 0.2) is 48.5 Å². The Hall–Kier alpha value is -2.48. The molecule has 0 saturated carbocycles. The van der Waals surface area contributed by atoms with Crippen LogP contribution in [0.25, 0.3) is 21.8 Å². The maximum atomic E-state index is 2.35. The van der Waals surface area contributed by atoms with E-state index in [1.54, 1.807) is 0 Å². The lowest BCUT2D eigenvalue weighted by atomic mass is 10.1. The van der Waals surface area contributed by atoms with Crippen molar-refractivity contribution in [3.05, 3.63) is 71.0 Å². The fourth-order valence-electron chi connectivity index (χ4n) is 3.93. The molecule has 2 nitrogen and oxygen atoms in total. The Kier molecular flexibility index (Phi) is 3.08. The van der Waals surface area contributed by atoms with E-state index in [0.29, 0.717) is 0 Å². The van der Waals surface area contributed by atoms with Crippen molar-refractivity contribution in [2.75, 3.05) is 0 Å². The molecule has 23 heavy (non-hydrogen) atoms. The molecule has 2 heterocycles. The van der Waals surface area contributed by atoms with Gasteiger partial charge in [0, 0.05) is 53.7 Å². The number of rotatable bonds is 2. The summed E-state index contributed by atoms with van der Waals surface area (Å²) in [6, 6.07) is 17.4. The lowest BCUT2D eigenvalue weighted by Gasteiger charge is -2.09. The van der Waals surface area contributed by atoms with E-state index >= 15 is 0 Å². The standard InChI is InChI=1S/C21H22N2/c1-14-16-9-5-7-11-18(16)22(3)20(14)13-21-15(2)17-10-6-8-12-19(17)23(21)4/h5-12H,13H2,1-4H3. The Bertz CT molecular complexity index is 869. The van der Waals surface area contributed by atoms with Gasteiger partial charge >= 0.3 is 0 Å². The molecule has 4 rings (SSSR count). The third-order valence-electron chi connectivity index (χ3n) is 5.35. The van der Waals surface area contributed by atoms with E-state index in [-0.39, 0.29) is 0 Å². The maximum absolute atomic E-state index is 2.35. The van der Waals surface area contributed by atoms with Crippen LogP contribution in [0.4, 0.5) is 0 Å². The summed E-state index contributed by atoms with van der Waals surface area (Å²) in [5, 5.41) is 2.72. The zero-order valence-electron chi connectivity index (χ0n) is 14.2. The highest BCUT2D eigenvalue weighted by molar-refractivity contribution is 5.87. The molecule has 0 saturated heterocycles. The molecular weight excluding hydrogens is 280 g/mol. The zero-order chi connectivity index (χ0) is 16.1. The van der Waals surface area contributed by atoms with Gasteiger partial charge in [-0.15, -0.1) is 0 Å². The van der Waals surface area contributed by atoms with Gasteiger partial charge in [-0.3, -0.25) is 0 Å². The van der Waals surface area contributed by atoms with Gasteiger partial charge in [0.15, 0.2) is 0 Å². The van der Waals surface area contributed by atoms with E-state index < -0.39 is 0 Å². The molecular formula is C21H22N2. The molecule has 0 bridgehead atoms. The first kappa shape index (κ1) is 14.1. The van der Waals surface area contributed by atoms with Gasteiger partial charge < -0.3 is 9.13 Å². The molecule has 116 valence electrons. The number of hydrogen-bond acceptors (Lipinski definition) is 0. The Morgan fingerprint density at radius 2 is 1.04 bits per heavy atom. The molecule has 4 aromatic rings. The summed E-state index contributed by atoms with van der Waals surface area (Å²) in [4.78, 5) is 0. The van der Waals surface area contributed by atoms with Crippen LogP contribution >= 0.6 is 0 Å². The predicted molar refractivity (Wildman–Crippen MR) is 98.1 cm³/mol. The molecule has 0 spiro atoms. The van der Waals surface area contributed by atoms with Crippen LogP contribution in [0, 0.1) is 13.8 Å². The van der Waals surface area contributed by atoms with E-state index in [0.717, 1.165) is 6.42 Å². The first-order chi connectivity index (χ1) is 11.1. The molecule has 0 radical (unpaired) electrons. The van der Waals surface area contributed by atoms with Crippen LogP contribution < -0.4 is 0 Å². The Morgan fingerprint density at radius 1 is 0.652 bits per heavy atom. The van der Waals surface area contributed by atoms with Crippen LogP contribution in [0.1, 0.15) is 22.5 Å². The summed E-state index contributed by atoms with van der Waals surface area (Å²) in [6.45, 7) is 4.49. The molecule has 0 aliphatic carbocycles. The molecule has 0 atom stereocenters. The van der Waals surface area contributed by atoms with Crippen LogP contribution in [0.2, 0.25) is 0 Å². The van der Waals surface area contributed by atoms with Crippen LogP contribution in [0.3, 0.4) is 0 Å². The second-order valence-corrected chi connectivity index (χ2v) is 6.47. The molecule has 0 aliphatic rings. The number of fused-ring (bicyclic) bond motifs is 2. The van der Waals surface area contributed by atoms with Crippen molar-refractivity contribution in [3.63, 3.8) is 0 Å². The lowest BCUT2D eigenvalue weighted by Crippen LogP contribution is -2.04. The summed E-state index contributed by atoms with van der Waals surface area (Å²) in [5.41, 5.74) is 8.23. The van der Waals surface area contributed by atoms with Crippen LogP contribution in [0.5, 0.6) is 0 Å². The fraction of sp³-hybridized carbons (Fsp3) is 0.238. The summed E-state index contributed by atoms with van der Waals surface area (Å²) in [5.74, 6) is 0. The largest absolute Gasteiger partial charge is 0.347 e. The van der Waals surface area contributed by atoms with Crippen LogP contribution in [-0.4, -0.2) is 9.13 Å². The summed E-state index contributed by atoms with van der Waals surface area (Å²) < 4.78 is 4.70. The Morgan fingerprint density at radius 3 is 1.43 bits per heavy atom. The number of aryl methyl sites for hydroxylation is 4. The van der Waals surface area contributed by atoms with Crippen molar-refractivity contribution < 1.29 is 0 Å². The SMILES string of the molecule is Cc1c(Cc2c(C)c3ccccc3n2C)n(C)c2ccccc12. The highest BCUT2D eigenvalue weighted by Crippen LogP contribution is 2.30. The van der Waals surface area contributed by atoms with Gasteiger partial charge in [0.25, 0.3) is 0 Å². The van der Waals surface area contributed by atoms with Crippen molar-refractivity contribution in [1.29, 1.82) is 0 Å². The predicted octanol–water partition coefficient (Wildman–Crippen LogP) is 4.88. The first-order valence-electron chi connectivity index (χ1n) is 8.15. The van der Waals surface area contributed by atoms with Crippen molar-refractivity contribution in [3.8, 4) is 0 Å². The van der Waals surface area contributed by atoms with E-state index in [1.165, 1.54) is 44.3 Å². The average molecular weight is 302 g/mol. The van der Waals surface area contributed by atoms with E-state index in [4.69, 9.17) is 0 Å². The van der Waals surface area contributed by atoms with Crippen molar-refractivity contribution in [2.45, 2.75) is 20.3 Å². The van der Waals surface area contributed by atoms with Crippen LogP contribution in [-0.2, 0) is 20.5 Å². The molecule has 0 N–H and O–H groups in total. The zero-order valence-corrected chi connectivity index (χ0v) is 14.2. The van der Waals surface area contributed by atoms with Gasteiger partial charge in [0.05, 0.1) is 0 Å². The third kappa shape index (κ3) is 1.94. The second-order valence-electron chi connectivity index (χ2n) is 6.47. The highest BCUT2D eigenvalue weighted by Gasteiger charge is 2.16. The van der Waals surface area contributed by atoms with Gasteiger partial charge in [-0.25, -0.2) is 0 Å². The average Bonchev–Trinajstić information content (AvgIpc) is 2.97. The Balaban J connectivity index is 1.92. The molecule has 0 unspecified atom stereocenters. The van der Waals surface area contributed by atoms with Crippen molar-refractivity contribution >= 4 is 21.8 Å². The second kappa shape index (κ2) is 5.02. The lowest BCUT2D eigenvalue weighted by molar-refractivity contribution is 0.811. The highest BCUT2D eigenvalue weighted by atomic mass is 15.0. The molecule has 0 amide bonds.